The summed E-state index contributed by atoms with van der Waals surface area (Å²) < 4.78 is 11.4. The minimum atomic E-state index is -0.503. The van der Waals surface area contributed by atoms with Crippen molar-refractivity contribution >= 4 is 46.8 Å². The van der Waals surface area contributed by atoms with Crippen LogP contribution in [0.5, 0.6) is 11.5 Å². The zero-order chi connectivity index (χ0) is 22.7. The summed E-state index contributed by atoms with van der Waals surface area (Å²) in [7, 11) is 1.52. The number of nitrogens with zero attached hydrogens (tertiary/aromatic N) is 1. The molecule has 1 aliphatic heterocycles. The third kappa shape index (κ3) is 4.42. The number of carbonyl (C=O) groups excluding carboxylic acids is 2. The average Bonchev–Trinajstić information content (AvgIpc) is 3.09. The van der Waals surface area contributed by atoms with Gasteiger partial charge >= 0.3 is 0 Å². The van der Waals surface area contributed by atoms with Gasteiger partial charge in [0.15, 0.2) is 11.5 Å². The van der Waals surface area contributed by atoms with Crippen LogP contribution in [0.1, 0.15) is 11.1 Å². The summed E-state index contributed by atoms with van der Waals surface area (Å²) in [4.78, 5) is 25.5. The molecule has 2 amide bonds. The Morgan fingerprint density at radius 1 is 0.969 bits per heavy atom. The van der Waals surface area contributed by atoms with E-state index in [0.29, 0.717) is 32.8 Å². The first-order valence-electron chi connectivity index (χ1n) is 9.64. The molecule has 1 saturated heterocycles. The van der Waals surface area contributed by atoms with Gasteiger partial charge < -0.3 is 9.47 Å². The molecule has 1 heterocycles. The number of rotatable bonds is 6. The van der Waals surface area contributed by atoms with Crippen molar-refractivity contribution in [2.75, 3.05) is 12.1 Å². The fourth-order valence-electron chi connectivity index (χ4n) is 3.22. The Morgan fingerprint density at radius 3 is 2.47 bits per heavy atom. The molecule has 1 N–H and O–H groups in total. The van der Waals surface area contributed by atoms with Gasteiger partial charge in [-0.3, -0.25) is 15.0 Å². The van der Waals surface area contributed by atoms with Crippen molar-refractivity contribution < 1.29 is 19.1 Å². The number of halogens is 2. The number of benzene rings is 3. The Balaban J connectivity index is 1.65. The topological polar surface area (TPSA) is 67.9 Å². The van der Waals surface area contributed by atoms with E-state index in [-0.39, 0.29) is 12.2 Å². The largest absolute Gasteiger partial charge is 0.493 e. The van der Waals surface area contributed by atoms with Gasteiger partial charge in [0, 0.05) is 5.56 Å². The van der Waals surface area contributed by atoms with Gasteiger partial charge in [-0.05, 0) is 42.0 Å². The average molecular weight is 469 g/mol. The molecule has 4 rings (SSSR count). The molecule has 0 radical (unpaired) electrons. The molecule has 0 bridgehead atoms. The van der Waals surface area contributed by atoms with E-state index in [9.17, 15) is 9.59 Å². The van der Waals surface area contributed by atoms with Crippen molar-refractivity contribution in [1.29, 1.82) is 0 Å². The summed E-state index contributed by atoms with van der Waals surface area (Å²) in [5.74, 6) is -0.103. The highest BCUT2D eigenvalue weighted by Gasteiger charge is 2.34. The zero-order valence-electron chi connectivity index (χ0n) is 17.0. The molecule has 0 atom stereocenters. The second-order valence-corrected chi connectivity index (χ2v) is 7.71. The number of nitrogens with one attached hydrogen (secondary N) is 1. The molecule has 1 aliphatic rings. The maximum absolute atomic E-state index is 12.9. The first-order chi connectivity index (χ1) is 15.5. The molecular formula is C24H18Cl2N2O4. The van der Waals surface area contributed by atoms with Gasteiger partial charge in [-0.2, -0.15) is 0 Å². The number of amides is 2. The highest BCUT2D eigenvalue weighted by molar-refractivity contribution is 6.42. The number of methoxy groups -OCH3 is 1. The van der Waals surface area contributed by atoms with Crippen LogP contribution >= 0.6 is 23.2 Å². The van der Waals surface area contributed by atoms with Crippen molar-refractivity contribution in [3.63, 3.8) is 0 Å². The molecule has 0 spiro atoms. The van der Waals surface area contributed by atoms with Crippen LogP contribution < -0.4 is 19.9 Å². The lowest BCUT2D eigenvalue weighted by Crippen LogP contribution is -2.35. The maximum atomic E-state index is 12.9. The number of hydrazine groups is 1. The third-order valence-electron chi connectivity index (χ3n) is 4.80. The van der Waals surface area contributed by atoms with E-state index >= 15 is 0 Å². The molecule has 0 saturated carbocycles. The fourth-order valence-corrected chi connectivity index (χ4v) is 3.54. The second-order valence-electron chi connectivity index (χ2n) is 6.89. The van der Waals surface area contributed by atoms with Gasteiger partial charge in [0.1, 0.15) is 12.2 Å². The SMILES string of the molecule is COc1cccc(/C=C2/C(=O)NN(c3ccccc3)C2=O)c1OCc1ccc(Cl)c(Cl)c1. The number of hydrogen-bond donors (Lipinski definition) is 1. The van der Waals surface area contributed by atoms with E-state index in [1.54, 1.807) is 60.7 Å². The van der Waals surface area contributed by atoms with E-state index in [1.807, 2.05) is 6.07 Å². The van der Waals surface area contributed by atoms with Crippen LogP contribution in [0.2, 0.25) is 10.0 Å². The van der Waals surface area contributed by atoms with E-state index in [1.165, 1.54) is 18.2 Å². The highest BCUT2D eigenvalue weighted by atomic mass is 35.5. The van der Waals surface area contributed by atoms with Gasteiger partial charge in [0.2, 0.25) is 0 Å². The standard InChI is InChI=1S/C24H18Cl2N2O4/c1-31-21-9-5-6-16(22(21)32-14-15-10-11-19(25)20(26)12-15)13-18-23(29)27-28(24(18)30)17-7-3-2-4-8-17/h2-13H,14H2,1H3,(H,27,29)/b18-13-. The minimum absolute atomic E-state index is 0.0125. The summed E-state index contributed by atoms with van der Waals surface area (Å²) >= 11 is 12.1. The summed E-state index contributed by atoms with van der Waals surface area (Å²) in [5, 5.41) is 2.08. The lowest BCUT2D eigenvalue weighted by atomic mass is 10.1. The third-order valence-corrected chi connectivity index (χ3v) is 5.54. The van der Waals surface area contributed by atoms with Crippen LogP contribution in [-0.4, -0.2) is 18.9 Å². The molecule has 3 aromatic carbocycles. The Kier molecular flexibility index (Phi) is 6.35. The van der Waals surface area contributed by atoms with Crippen molar-refractivity contribution in [2.24, 2.45) is 0 Å². The molecule has 1 fully saturated rings. The summed E-state index contributed by atoms with van der Waals surface area (Å²) in [6, 6.07) is 19.3. The van der Waals surface area contributed by atoms with Gasteiger partial charge in [0.25, 0.3) is 11.8 Å². The predicted molar refractivity (Wildman–Crippen MR) is 124 cm³/mol. The first-order valence-corrected chi connectivity index (χ1v) is 10.4. The second kappa shape index (κ2) is 9.34. The Hall–Kier alpha value is -3.48. The molecule has 0 aromatic heterocycles. The smallest absolute Gasteiger partial charge is 0.282 e. The molecule has 6 nitrogen and oxygen atoms in total. The Labute approximate surface area is 194 Å². The lowest BCUT2D eigenvalue weighted by molar-refractivity contribution is -0.117. The molecular weight excluding hydrogens is 451 g/mol. The van der Waals surface area contributed by atoms with Crippen LogP contribution in [0, 0.1) is 0 Å². The number of ether oxygens (including phenoxy) is 2. The predicted octanol–water partition coefficient (Wildman–Crippen LogP) is 5.04. The van der Waals surface area contributed by atoms with Crippen molar-refractivity contribution in [1.82, 2.24) is 5.43 Å². The molecule has 32 heavy (non-hydrogen) atoms. The van der Waals surface area contributed by atoms with Gasteiger partial charge in [-0.1, -0.05) is 59.6 Å². The lowest BCUT2D eigenvalue weighted by Gasteiger charge is -2.14. The van der Waals surface area contributed by atoms with Gasteiger partial charge in [0.05, 0.1) is 22.8 Å². The number of anilines is 1. The normalized spacial score (nSPS) is 14.6. The number of hydrogen-bond acceptors (Lipinski definition) is 4. The van der Waals surface area contributed by atoms with Crippen molar-refractivity contribution in [2.45, 2.75) is 6.61 Å². The highest BCUT2D eigenvalue weighted by Crippen LogP contribution is 2.34. The van der Waals surface area contributed by atoms with E-state index < -0.39 is 11.8 Å². The van der Waals surface area contributed by atoms with Crippen LogP contribution in [0.3, 0.4) is 0 Å². The molecule has 162 valence electrons. The molecule has 0 aliphatic carbocycles. The van der Waals surface area contributed by atoms with Gasteiger partial charge in [-0.15, -0.1) is 0 Å². The monoisotopic (exact) mass is 468 g/mol. The van der Waals surface area contributed by atoms with E-state index in [2.05, 4.69) is 5.43 Å². The fraction of sp³-hybridized carbons (Fsp3) is 0.0833. The summed E-state index contributed by atoms with van der Waals surface area (Å²) in [5.41, 5.74) is 4.46. The van der Waals surface area contributed by atoms with Crippen LogP contribution in [0.15, 0.2) is 72.3 Å². The number of para-hydroxylation sites is 2. The minimum Gasteiger partial charge on any atom is -0.493 e. The molecule has 0 unspecified atom stereocenters. The Morgan fingerprint density at radius 2 is 1.75 bits per heavy atom. The Bertz CT molecular complexity index is 1210. The van der Waals surface area contributed by atoms with Crippen molar-refractivity contribution in [3.8, 4) is 11.5 Å². The van der Waals surface area contributed by atoms with E-state index in [4.69, 9.17) is 32.7 Å². The van der Waals surface area contributed by atoms with Crippen LogP contribution in [0.25, 0.3) is 6.08 Å². The van der Waals surface area contributed by atoms with Crippen molar-refractivity contribution in [3.05, 3.63) is 93.5 Å². The van der Waals surface area contributed by atoms with Crippen LogP contribution in [0.4, 0.5) is 5.69 Å². The van der Waals surface area contributed by atoms with Crippen LogP contribution in [-0.2, 0) is 16.2 Å². The van der Waals surface area contributed by atoms with Gasteiger partial charge in [-0.25, -0.2) is 5.01 Å². The quantitative estimate of drug-likeness (QED) is 0.406. The zero-order valence-corrected chi connectivity index (χ0v) is 18.5. The summed E-state index contributed by atoms with van der Waals surface area (Å²) in [6.45, 7) is 0.184. The molecule has 3 aromatic rings. The maximum Gasteiger partial charge on any atom is 0.282 e. The molecule has 8 heteroatoms. The number of carbonyl (C=O) groups is 2. The van der Waals surface area contributed by atoms with E-state index in [0.717, 1.165) is 5.56 Å². The summed E-state index contributed by atoms with van der Waals surface area (Å²) in [6.07, 6.45) is 1.49. The first kappa shape index (κ1) is 21.7.